The van der Waals surface area contributed by atoms with Crippen molar-refractivity contribution in [1.29, 1.82) is 0 Å². The standard InChI is InChI=1S/C39H44N6O14/c1-20(2)35(38(55)42-25(17-32(49)50)30(47)19-59-39(56)34-21(3)6-5-7-22(34)4)44-37(54)26(14-23-10-12-40-13-11-23)43-36(53)27(18-33(51)52)41-31(48)16-24-8-9-29(46)28(15-24)45(57)58/h5-13,15,20,25-27,35,46H,14,16-19H2,1-4H3,(H,41,48)(H,42,55)(H,43,53)(H,44,54)(H,49,50)(H,51,52)/t25-,26-,27-,35-/m0/s1. The van der Waals surface area contributed by atoms with E-state index in [9.17, 15) is 63.8 Å². The number of carbonyl (C=O) groups is 8. The second-order valence-electron chi connectivity index (χ2n) is 13.8. The van der Waals surface area contributed by atoms with E-state index in [0.29, 0.717) is 16.7 Å². The van der Waals surface area contributed by atoms with E-state index in [1.54, 1.807) is 32.0 Å². The molecule has 0 radical (unpaired) electrons. The van der Waals surface area contributed by atoms with Gasteiger partial charge in [0.15, 0.2) is 18.1 Å². The van der Waals surface area contributed by atoms with Gasteiger partial charge in [0.05, 0.1) is 29.7 Å². The molecule has 0 saturated heterocycles. The summed E-state index contributed by atoms with van der Waals surface area (Å²) in [6, 6.07) is 4.80. The maximum Gasteiger partial charge on any atom is 0.339 e. The van der Waals surface area contributed by atoms with E-state index in [2.05, 4.69) is 26.3 Å². The van der Waals surface area contributed by atoms with Crippen LogP contribution in [0.4, 0.5) is 5.69 Å². The Morgan fingerprint density at radius 2 is 1.34 bits per heavy atom. The summed E-state index contributed by atoms with van der Waals surface area (Å²) in [6.45, 7) is 5.51. The third-order valence-corrected chi connectivity index (χ3v) is 8.82. The number of hydrogen-bond acceptors (Lipinski definition) is 13. The molecule has 0 aliphatic rings. The monoisotopic (exact) mass is 820 g/mol. The van der Waals surface area contributed by atoms with Crippen molar-refractivity contribution in [2.45, 2.75) is 77.5 Å². The number of esters is 1. The lowest BCUT2D eigenvalue weighted by atomic mass is 10.00. The first-order valence-corrected chi connectivity index (χ1v) is 18.0. The largest absolute Gasteiger partial charge is 0.502 e. The zero-order valence-electron chi connectivity index (χ0n) is 32.4. The highest BCUT2D eigenvalue weighted by Crippen LogP contribution is 2.26. The molecule has 0 bridgehead atoms. The van der Waals surface area contributed by atoms with Crippen LogP contribution in [0.1, 0.15) is 59.3 Å². The number of nitro benzene ring substituents is 1. The maximum atomic E-state index is 13.9. The van der Waals surface area contributed by atoms with Gasteiger partial charge in [0.25, 0.3) is 0 Å². The lowest BCUT2D eigenvalue weighted by Crippen LogP contribution is -2.59. The number of phenolic OH excluding ortho intramolecular Hbond substituents is 1. The average molecular weight is 821 g/mol. The van der Waals surface area contributed by atoms with Gasteiger partial charge >= 0.3 is 23.6 Å². The van der Waals surface area contributed by atoms with Gasteiger partial charge in [-0.15, -0.1) is 0 Å². The minimum Gasteiger partial charge on any atom is -0.502 e. The highest BCUT2D eigenvalue weighted by atomic mass is 16.6. The number of aromatic hydroxyl groups is 1. The van der Waals surface area contributed by atoms with Crippen molar-refractivity contribution in [3.05, 3.63) is 98.9 Å². The Bertz CT molecular complexity index is 2070. The van der Waals surface area contributed by atoms with Gasteiger partial charge in [-0.1, -0.05) is 38.1 Å². The third kappa shape index (κ3) is 14.0. The molecule has 1 heterocycles. The Morgan fingerprint density at radius 3 is 1.92 bits per heavy atom. The fraction of sp³-hybridized carbons (Fsp3) is 0.359. The van der Waals surface area contributed by atoms with Crippen molar-refractivity contribution < 1.29 is 63.3 Å². The maximum absolute atomic E-state index is 13.9. The molecular formula is C39H44N6O14. The fourth-order valence-electron chi connectivity index (χ4n) is 5.79. The second kappa shape index (κ2) is 21.3. The molecule has 59 heavy (non-hydrogen) atoms. The van der Waals surface area contributed by atoms with E-state index in [0.717, 1.165) is 12.1 Å². The van der Waals surface area contributed by atoms with Crippen molar-refractivity contribution in [3.8, 4) is 5.75 Å². The normalized spacial score (nSPS) is 12.8. The number of carboxylic acids is 2. The van der Waals surface area contributed by atoms with Gasteiger partial charge in [-0.25, -0.2) is 4.79 Å². The molecule has 0 aliphatic heterocycles. The molecule has 20 nitrogen and oxygen atoms in total. The van der Waals surface area contributed by atoms with Crippen LogP contribution in [0.15, 0.2) is 60.9 Å². The van der Waals surface area contributed by atoms with Crippen LogP contribution in [0, 0.1) is 29.9 Å². The molecule has 0 spiro atoms. The number of aryl methyl sites for hydroxylation is 2. The number of phenols is 1. The summed E-state index contributed by atoms with van der Waals surface area (Å²) in [5.41, 5.74) is 1.20. The number of amides is 4. The number of ketones is 1. The molecule has 0 saturated carbocycles. The van der Waals surface area contributed by atoms with E-state index in [1.807, 2.05) is 0 Å². The minimum atomic E-state index is -1.77. The molecule has 4 amide bonds. The van der Waals surface area contributed by atoms with E-state index in [4.69, 9.17) is 4.74 Å². The Hall–Kier alpha value is -7.25. The van der Waals surface area contributed by atoms with Crippen molar-refractivity contribution in [3.63, 3.8) is 0 Å². The fourth-order valence-corrected chi connectivity index (χ4v) is 5.79. The van der Waals surface area contributed by atoms with Crippen LogP contribution in [0.3, 0.4) is 0 Å². The first kappa shape index (κ1) is 46.1. The number of ether oxygens (including phenoxy) is 1. The predicted octanol–water partition coefficient (Wildman–Crippen LogP) is 1.07. The van der Waals surface area contributed by atoms with Gasteiger partial charge in [-0.2, -0.15) is 0 Å². The number of carbonyl (C=O) groups excluding carboxylic acids is 6. The lowest BCUT2D eigenvalue weighted by Gasteiger charge is -2.28. The average Bonchev–Trinajstić information content (AvgIpc) is 3.15. The molecular weight excluding hydrogens is 776 g/mol. The number of nitro groups is 1. The molecule has 2 aromatic carbocycles. The number of pyridine rings is 1. The predicted molar refractivity (Wildman–Crippen MR) is 205 cm³/mol. The summed E-state index contributed by atoms with van der Waals surface area (Å²) >= 11 is 0. The second-order valence-corrected chi connectivity index (χ2v) is 13.8. The number of Topliss-reactive ketones (excluding diaryl/α,β-unsaturated/α-hetero) is 1. The van der Waals surface area contributed by atoms with Crippen LogP contribution < -0.4 is 21.3 Å². The van der Waals surface area contributed by atoms with Gasteiger partial charge in [0, 0.05) is 24.9 Å². The summed E-state index contributed by atoms with van der Waals surface area (Å²) in [7, 11) is 0. The first-order chi connectivity index (χ1) is 27.8. The van der Waals surface area contributed by atoms with Gasteiger partial charge < -0.3 is 41.3 Å². The van der Waals surface area contributed by atoms with Crippen LogP contribution in [0.5, 0.6) is 5.75 Å². The number of nitrogens with zero attached hydrogens (tertiary/aromatic N) is 2. The molecule has 0 unspecified atom stereocenters. The number of rotatable bonds is 21. The quantitative estimate of drug-likeness (QED) is 0.0449. The van der Waals surface area contributed by atoms with Crippen molar-refractivity contribution >= 4 is 53.0 Å². The lowest BCUT2D eigenvalue weighted by molar-refractivity contribution is -0.385. The molecule has 3 aromatic rings. The van der Waals surface area contributed by atoms with Crippen LogP contribution in [0.25, 0.3) is 0 Å². The SMILES string of the molecule is Cc1cccc(C)c1C(=O)OCC(=O)[C@H](CC(=O)O)NC(=O)[C@@H](NC(=O)[C@H](Cc1ccncc1)NC(=O)[C@H](CC(=O)O)NC(=O)Cc1ccc(O)c([N+](=O)[O-])c1)C(C)C. The molecule has 20 heteroatoms. The summed E-state index contributed by atoms with van der Waals surface area (Å²) < 4.78 is 5.16. The number of aromatic nitrogens is 1. The molecule has 4 atom stereocenters. The summed E-state index contributed by atoms with van der Waals surface area (Å²) in [4.78, 5) is 118. The molecule has 7 N–H and O–H groups in total. The van der Waals surface area contributed by atoms with Crippen LogP contribution in [-0.4, -0.2) is 103 Å². The summed E-state index contributed by atoms with van der Waals surface area (Å²) in [6.07, 6.45) is 0.158. The molecule has 314 valence electrons. The summed E-state index contributed by atoms with van der Waals surface area (Å²) in [5, 5.41) is 49.4. The van der Waals surface area contributed by atoms with Crippen LogP contribution >= 0.6 is 0 Å². The molecule has 0 aliphatic carbocycles. The number of aliphatic carboxylic acids is 2. The number of nitrogens with one attached hydrogen (secondary N) is 4. The number of hydrogen-bond donors (Lipinski definition) is 7. The van der Waals surface area contributed by atoms with Gasteiger partial charge in [-0.3, -0.25) is 48.7 Å². The zero-order valence-corrected chi connectivity index (χ0v) is 32.4. The Labute approximate surface area is 336 Å². The highest BCUT2D eigenvalue weighted by Gasteiger charge is 2.34. The minimum absolute atomic E-state index is 0.0556. The number of carboxylic acid groups (broad SMARTS) is 2. The molecule has 0 fully saturated rings. The van der Waals surface area contributed by atoms with Crippen molar-refractivity contribution in [1.82, 2.24) is 26.3 Å². The Kier molecular flexibility index (Phi) is 16.7. The number of benzene rings is 2. The Morgan fingerprint density at radius 1 is 0.763 bits per heavy atom. The Balaban J connectivity index is 1.80. The van der Waals surface area contributed by atoms with E-state index < -0.39 is 120 Å². The van der Waals surface area contributed by atoms with Gasteiger partial charge in [0.1, 0.15) is 24.2 Å². The van der Waals surface area contributed by atoms with E-state index in [-0.39, 0.29) is 17.5 Å². The highest BCUT2D eigenvalue weighted by molar-refractivity contribution is 5.99. The van der Waals surface area contributed by atoms with Crippen molar-refractivity contribution in [2.24, 2.45) is 5.92 Å². The van der Waals surface area contributed by atoms with Crippen molar-refractivity contribution in [2.75, 3.05) is 6.61 Å². The topological polar surface area (TPSA) is 311 Å². The third-order valence-electron chi connectivity index (χ3n) is 8.82. The summed E-state index contributed by atoms with van der Waals surface area (Å²) in [5.74, 6) is -10.1. The molecule has 1 aromatic heterocycles. The van der Waals surface area contributed by atoms with Gasteiger partial charge in [0.2, 0.25) is 23.6 Å². The van der Waals surface area contributed by atoms with Crippen LogP contribution in [-0.2, 0) is 51.1 Å². The van der Waals surface area contributed by atoms with Crippen LogP contribution in [0.2, 0.25) is 0 Å². The van der Waals surface area contributed by atoms with E-state index in [1.165, 1.54) is 44.4 Å². The first-order valence-electron chi connectivity index (χ1n) is 18.0. The smallest absolute Gasteiger partial charge is 0.339 e. The van der Waals surface area contributed by atoms with Gasteiger partial charge in [-0.05, 0) is 60.2 Å². The molecule has 3 rings (SSSR count). The zero-order chi connectivity index (χ0) is 44.0. The van der Waals surface area contributed by atoms with E-state index >= 15 is 0 Å².